The van der Waals surface area contributed by atoms with Crippen LogP contribution in [0.3, 0.4) is 0 Å². The maximum absolute atomic E-state index is 12.7. The maximum Gasteiger partial charge on any atom is 0.415 e. The minimum absolute atomic E-state index is 0.0797. The SMILES string of the molecule is O=C(Oc1ccc(Cl)cc1)N1CCN2C(=O)[C@@H]3C[C@@H](O)CN3C(=O)[C@H]2C1. The number of halogens is 1. The summed E-state index contributed by atoms with van der Waals surface area (Å²) < 4.78 is 5.31. The highest BCUT2D eigenvalue weighted by atomic mass is 35.5. The van der Waals surface area contributed by atoms with Crippen molar-refractivity contribution >= 4 is 29.5 Å². The molecule has 0 aromatic heterocycles. The lowest BCUT2D eigenvalue weighted by Crippen LogP contribution is -2.69. The third-order valence-corrected chi connectivity index (χ3v) is 5.32. The van der Waals surface area contributed by atoms with E-state index in [0.29, 0.717) is 10.8 Å². The molecule has 4 rings (SSSR count). The second-order valence-corrected chi connectivity index (χ2v) is 7.15. The zero-order valence-electron chi connectivity index (χ0n) is 13.9. The van der Waals surface area contributed by atoms with Crippen molar-refractivity contribution in [1.29, 1.82) is 0 Å². The van der Waals surface area contributed by atoms with Crippen LogP contribution in [-0.2, 0) is 9.59 Å². The highest BCUT2D eigenvalue weighted by molar-refractivity contribution is 6.30. The van der Waals surface area contributed by atoms with Gasteiger partial charge in [-0.3, -0.25) is 9.59 Å². The molecular formula is C17H18ClN3O5. The Bertz CT molecular complexity index is 755. The number of hydrogen-bond donors (Lipinski definition) is 1. The van der Waals surface area contributed by atoms with E-state index in [-0.39, 0.29) is 44.4 Å². The molecule has 3 atom stereocenters. The molecule has 3 fully saturated rings. The third-order valence-electron chi connectivity index (χ3n) is 5.07. The van der Waals surface area contributed by atoms with Gasteiger partial charge in [-0.25, -0.2) is 4.79 Å². The van der Waals surface area contributed by atoms with E-state index in [9.17, 15) is 19.5 Å². The van der Waals surface area contributed by atoms with E-state index in [1.165, 1.54) is 14.7 Å². The molecule has 3 heterocycles. The fraction of sp³-hybridized carbons (Fsp3) is 0.471. The number of nitrogens with zero attached hydrogens (tertiary/aromatic N) is 3. The highest BCUT2D eigenvalue weighted by Crippen LogP contribution is 2.29. The number of carbonyl (C=O) groups excluding carboxylic acids is 3. The first-order valence-corrected chi connectivity index (χ1v) is 8.83. The molecule has 0 aliphatic carbocycles. The Morgan fingerprint density at radius 3 is 2.46 bits per heavy atom. The van der Waals surface area contributed by atoms with Crippen molar-refractivity contribution in [2.24, 2.45) is 0 Å². The first-order valence-electron chi connectivity index (χ1n) is 8.45. The summed E-state index contributed by atoms with van der Waals surface area (Å²) >= 11 is 5.81. The van der Waals surface area contributed by atoms with Gasteiger partial charge >= 0.3 is 6.09 Å². The number of rotatable bonds is 1. The quantitative estimate of drug-likeness (QED) is 0.759. The number of amides is 3. The minimum atomic E-state index is -0.726. The van der Waals surface area contributed by atoms with Gasteiger partial charge in [0.05, 0.1) is 12.6 Å². The van der Waals surface area contributed by atoms with Crippen molar-refractivity contribution in [2.45, 2.75) is 24.6 Å². The lowest BCUT2D eigenvalue weighted by atomic mass is 10.0. The van der Waals surface area contributed by atoms with Crippen LogP contribution < -0.4 is 4.74 Å². The van der Waals surface area contributed by atoms with Crippen LogP contribution in [0.5, 0.6) is 5.75 Å². The Morgan fingerprint density at radius 2 is 1.73 bits per heavy atom. The number of benzene rings is 1. The van der Waals surface area contributed by atoms with Gasteiger partial charge in [0.25, 0.3) is 0 Å². The van der Waals surface area contributed by atoms with Gasteiger partial charge in [-0.2, -0.15) is 0 Å². The molecule has 3 saturated heterocycles. The predicted octanol–water partition coefficient (Wildman–Crippen LogP) is 0.327. The average molecular weight is 380 g/mol. The van der Waals surface area contributed by atoms with Crippen molar-refractivity contribution in [2.75, 3.05) is 26.2 Å². The molecule has 3 aliphatic rings. The standard InChI is InChI=1S/C17H18ClN3O5/c18-10-1-3-12(4-2-10)26-17(25)19-5-6-20-14(9-19)16(24)21-8-11(22)7-13(21)15(20)23/h1-4,11,13-14,22H,5-9H2/t11-,13+,14-/m1/s1. The van der Waals surface area contributed by atoms with E-state index >= 15 is 0 Å². The van der Waals surface area contributed by atoms with Crippen LogP contribution in [0.25, 0.3) is 0 Å². The van der Waals surface area contributed by atoms with Crippen molar-refractivity contribution in [3.8, 4) is 5.75 Å². The van der Waals surface area contributed by atoms with Gasteiger partial charge in [-0.05, 0) is 24.3 Å². The van der Waals surface area contributed by atoms with Gasteiger partial charge in [0.15, 0.2) is 0 Å². The molecule has 26 heavy (non-hydrogen) atoms. The summed E-state index contributed by atoms with van der Waals surface area (Å²) in [6, 6.07) is 5.09. The topological polar surface area (TPSA) is 90.4 Å². The molecule has 3 amide bonds. The van der Waals surface area contributed by atoms with Crippen LogP contribution in [-0.4, -0.2) is 82.1 Å². The predicted molar refractivity (Wildman–Crippen MR) is 90.7 cm³/mol. The first-order chi connectivity index (χ1) is 12.4. The third kappa shape index (κ3) is 2.89. The molecule has 0 saturated carbocycles. The molecule has 8 nitrogen and oxygen atoms in total. The Balaban J connectivity index is 1.46. The van der Waals surface area contributed by atoms with Gasteiger partial charge in [-0.15, -0.1) is 0 Å². The van der Waals surface area contributed by atoms with Gasteiger partial charge in [0, 0.05) is 31.1 Å². The molecule has 0 unspecified atom stereocenters. The van der Waals surface area contributed by atoms with Crippen molar-refractivity contribution in [3.63, 3.8) is 0 Å². The van der Waals surface area contributed by atoms with Crippen molar-refractivity contribution in [3.05, 3.63) is 29.3 Å². The fourth-order valence-corrected chi connectivity index (χ4v) is 3.89. The summed E-state index contributed by atoms with van der Waals surface area (Å²) in [5.41, 5.74) is 0. The second kappa shape index (κ2) is 6.44. The smallest absolute Gasteiger partial charge is 0.410 e. The molecule has 1 aromatic carbocycles. The molecule has 138 valence electrons. The Hall–Kier alpha value is -2.32. The minimum Gasteiger partial charge on any atom is -0.410 e. The van der Waals surface area contributed by atoms with E-state index in [1.54, 1.807) is 24.3 Å². The Labute approximate surface area is 154 Å². The summed E-state index contributed by atoms with van der Waals surface area (Å²) in [6.07, 6.45) is -0.980. The second-order valence-electron chi connectivity index (χ2n) is 6.71. The molecule has 3 aliphatic heterocycles. The molecule has 0 spiro atoms. The summed E-state index contributed by atoms with van der Waals surface area (Å²) in [6.45, 7) is 0.799. The average Bonchev–Trinajstić information content (AvgIpc) is 3.03. The van der Waals surface area contributed by atoms with Gasteiger partial charge in [0.1, 0.15) is 17.8 Å². The number of piperazine rings is 2. The number of fused-ring (bicyclic) bond motifs is 2. The van der Waals surface area contributed by atoms with Gasteiger partial charge < -0.3 is 24.5 Å². The zero-order valence-corrected chi connectivity index (χ0v) is 14.6. The van der Waals surface area contributed by atoms with E-state index in [0.717, 1.165) is 0 Å². The fourth-order valence-electron chi connectivity index (χ4n) is 3.77. The normalized spacial score (nSPS) is 28.1. The van der Waals surface area contributed by atoms with Crippen molar-refractivity contribution in [1.82, 2.24) is 14.7 Å². The lowest BCUT2D eigenvalue weighted by molar-refractivity contribution is -0.162. The van der Waals surface area contributed by atoms with E-state index < -0.39 is 24.3 Å². The first kappa shape index (κ1) is 17.1. The number of ether oxygens (including phenoxy) is 1. The summed E-state index contributed by atoms with van der Waals surface area (Å²) in [5, 5.41) is 10.3. The molecule has 1 N–H and O–H groups in total. The number of hydrogen-bond acceptors (Lipinski definition) is 5. The largest absolute Gasteiger partial charge is 0.415 e. The molecule has 0 bridgehead atoms. The molecule has 1 aromatic rings. The number of aliphatic hydroxyl groups is 1. The van der Waals surface area contributed by atoms with Crippen LogP contribution in [0.4, 0.5) is 4.79 Å². The van der Waals surface area contributed by atoms with Crippen LogP contribution >= 0.6 is 11.6 Å². The Kier molecular flexibility index (Phi) is 4.24. The summed E-state index contributed by atoms with van der Waals surface area (Å²) in [4.78, 5) is 42.1. The number of aliphatic hydroxyl groups excluding tert-OH is 1. The highest BCUT2D eigenvalue weighted by Gasteiger charge is 2.52. The Morgan fingerprint density at radius 1 is 1.04 bits per heavy atom. The zero-order chi connectivity index (χ0) is 18.4. The molecular weight excluding hydrogens is 362 g/mol. The molecule has 0 radical (unpaired) electrons. The van der Waals surface area contributed by atoms with Crippen molar-refractivity contribution < 1.29 is 24.2 Å². The van der Waals surface area contributed by atoms with Gasteiger partial charge in [-0.1, -0.05) is 11.6 Å². The molecule has 9 heteroatoms. The van der Waals surface area contributed by atoms with Crippen LogP contribution in [0.2, 0.25) is 5.02 Å². The van der Waals surface area contributed by atoms with Crippen LogP contribution in [0.15, 0.2) is 24.3 Å². The van der Waals surface area contributed by atoms with E-state index in [1.807, 2.05) is 0 Å². The summed E-state index contributed by atoms with van der Waals surface area (Å²) in [5.74, 6) is -0.0254. The van der Waals surface area contributed by atoms with Gasteiger partial charge in [0.2, 0.25) is 11.8 Å². The van der Waals surface area contributed by atoms with Crippen LogP contribution in [0, 0.1) is 0 Å². The lowest BCUT2D eigenvalue weighted by Gasteiger charge is -2.46. The summed E-state index contributed by atoms with van der Waals surface area (Å²) in [7, 11) is 0. The number of carbonyl (C=O) groups is 3. The monoisotopic (exact) mass is 379 g/mol. The maximum atomic E-state index is 12.7. The van der Waals surface area contributed by atoms with Crippen LogP contribution in [0.1, 0.15) is 6.42 Å². The van der Waals surface area contributed by atoms with E-state index in [2.05, 4.69) is 0 Å². The van der Waals surface area contributed by atoms with E-state index in [4.69, 9.17) is 16.3 Å².